The number of pyridine rings is 1. The fourth-order valence-corrected chi connectivity index (χ4v) is 2.25. The fraction of sp³-hybridized carbons (Fsp3) is 0.0833. The van der Waals surface area contributed by atoms with E-state index in [1.807, 2.05) is 19.1 Å². The molecule has 0 radical (unpaired) electrons. The molecule has 16 heavy (non-hydrogen) atoms. The molecule has 2 aromatic rings. The van der Waals surface area contributed by atoms with E-state index in [9.17, 15) is 4.39 Å². The van der Waals surface area contributed by atoms with Gasteiger partial charge < -0.3 is 0 Å². The number of aryl methyl sites for hydroxylation is 1. The molecule has 0 aliphatic rings. The highest BCUT2D eigenvalue weighted by atomic mass is 79.9. The quantitative estimate of drug-likeness (QED) is 0.813. The van der Waals surface area contributed by atoms with Gasteiger partial charge in [-0.15, -0.1) is 0 Å². The molecule has 82 valence electrons. The molecule has 0 aliphatic carbocycles. The van der Waals surface area contributed by atoms with E-state index in [0.29, 0.717) is 0 Å². The highest BCUT2D eigenvalue weighted by Gasteiger charge is 2.01. The van der Waals surface area contributed by atoms with Crippen LogP contribution in [-0.4, -0.2) is 4.98 Å². The van der Waals surface area contributed by atoms with E-state index in [2.05, 4.69) is 20.9 Å². The summed E-state index contributed by atoms with van der Waals surface area (Å²) in [5.41, 5.74) is 0.951. The number of hydrogen-bond acceptors (Lipinski definition) is 2. The van der Waals surface area contributed by atoms with Crippen LogP contribution in [0.15, 0.2) is 50.8 Å². The molecule has 0 atom stereocenters. The van der Waals surface area contributed by atoms with Gasteiger partial charge in [0.25, 0.3) is 0 Å². The van der Waals surface area contributed by atoms with Gasteiger partial charge >= 0.3 is 0 Å². The molecule has 1 aromatic carbocycles. The largest absolute Gasteiger partial charge is 0.245 e. The maximum Gasteiger partial charge on any atom is 0.123 e. The minimum atomic E-state index is -0.218. The Kier molecular flexibility index (Phi) is 3.61. The Morgan fingerprint density at radius 3 is 2.44 bits per heavy atom. The third-order valence-corrected chi connectivity index (χ3v) is 3.81. The number of nitrogens with zero attached hydrogens (tertiary/aromatic N) is 1. The Labute approximate surface area is 106 Å². The molecule has 0 unspecified atom stereocenters. The Morgan fingerprint density at radius 1 is 1.12 bits per heavy atom. The van der Waals surface area contributed by atoms with Gasteiger partial charge in [-0.2, -0.15) is 0 Å². The number of hydrogen-bond donors (Lipinski definition) is 0. The summed E-state index contributed by atoms with van der Waals surface area (Å²) in [4.78, 5) is 5.39. The van der Waals surface area contributed by atoms with Crippen LogP contribution in [0.5, 0.6) is 0 Å². The van der Waals surface area contributed by atoms with Gasteiger partial charge in [0, 0.05) is 9.37 Å². The van der Waals surface area contributed by atoms with Gasteiger partial charge in [-0.3, -0.25) is 0 Å². The predicted molar refractivity (Wildman–Crippen MR) is 67.2 cm³/mol. The lowest BCUT2D eigenvalue weighted by Crippen LogP contribution is -1.85. The zero-order valence-electron chi connectivity index (χ0n) is 8.58. The lowest BCUT2D eigenvalue weighted by Gasteiger charge is -2.03. The van der Waals surface area contributed by atoms with Gasteiger partial charge in [-0.1, -0.05) is 11.8 Å². The summed E-state index contributed by atoms with van der Waals surface area (Å²) in [6, 6.07) is 10.3. The second kappa shape index (κ2) is 4.97. The second-order valence-corrected chi connectivity index (χ2v) is 5.22. The summed E-state index contributed by atoms with van der Waals surface area (Å²) < 4.78 is 13.7. The Bertz CT molecular complexity index is 499. The molecule has 4 heteroatoms. The van der Waals surface area contributed by atoms with Crippen LogP contribution >= 0.6 is 27.7 Å². The van der Waals surface area contributed by atoms with E-state index in [-0.39, 0.29) is 5.82 Å². The fourth-order valence-electron chi connectivity index (χ4n) is 1.20. The molecule has 0 aliphatic heterocycles. The lowest BCUT2D eigenvalue weighted by atomic mass is 10.4. The molecule has 2 rings (SSSR count). The molecule has 1 heterocycles. The van der Waals surface area contributed by atoms with Crippen molar-refractivity contribution in [3.63, 3.8) is 0 Å². The summed E-state index contributed by atoms with van der Waals surface area (Å²) in [5.74, 6) is -0.218. The van der Waals surface area contributed by atoms with Crippen LogP contribution in [0.2, 0.25) is 0 Å². The molecular formula is C12H9BrFNS. The third kappa shape index (κ3) is 2.83. The summed E-state index contributed by atoms with van der Waals surface area (Å²) >= 11 is 4.92. The molecule has 1 nitrogen and oxygen atoms in total. The minimum absolute atomic E-state index is 0.218. The maximum atomic E-state index is 12.7. The highest BCUT2D eigenvalue weighted by molar-refractivity contribution is 9.10. The molecule has 1 aromatic heterocycles. The third-order valence-electron chi connectivity index (χ3n) is 2.03. The van der Waals surface area contributed by atoms with Gasteiger partial charge in [0.2, 0.25) is 0 Å². The van der Waals surface area contributed by atoms with E-state index in [1.165, 1.54) is 23.9 Å². The van der Waals surface area contributed by atoms with E-state index >= 15 is 0 Å². The molecule has 0 N–H and O–H groups in total. The predicted octanol–water partition coefficient (Wildman–Crippen LogP) is 4.44. The number of aromatic nitrogens is 1. The number of benzene rings is 1. The number of rotatable bonds is 2. The zero-order chi connectivity index (χ0) is 11.5. The van der Waals surface area contributed by atoms with E-state index in [0.717, 1.165) is 20.1 Å². The molecule has 0 bridgehead atoms. The second-order valence-electron chi connectivity index (χ2n) is 3.27. The van der Waals surface area contributed by atoms with Gasteiger partial charge in [-0.25, -0.2) is 9.37 Å². The first-order valence-corrected chi connectivity index (χ1v) is 6.32. The standard InChI is InChI=1S/C12H9BrFNS/c1-8-11(13)6-7-12(15-8)16-10-4-2-9(14)3-5-10/h2-7H,1H3. The lowest BCUT2D eigenvalue weighted by molar-refractivity contribution is 0.626. The monoisotopic (exact) mass is 297 g/mol. The summed E-state index contributed by atoms with van der Waals surface area (Å²) in [6.45, 7) is 1.94. The first-order chi connectivity index (χ1) is 7.65. The Hall–Kier alpha value is -0.870. The van der Waals surface area contributed by atoms with E-state index in [4.69, 9.17) is 0 Å². The molecular weight excluding hydrogens is 289 g/mol. The van der Waals surface area contributed by atoms with Gasteiger partial charge in [0.15, 0.2) is 0 Å². The first-order valence-electron chi connectivity index (χ1n) is 4.72. The molecule has 0 fully saturated rings. The van der Waals surface area contributed by atoms with Crippen LogP contribution in [0.25, 0.3) is 0 Å². The van der Waals surface area contributed by atoms with Gasteiger partial charge in [-0.05, 0) is 59.3 Å². The van der Waals surface area contributed by atoms with Crippen molar-refractivity contribution in [2.24, 2.45) is 0 Å². The molecule has 0 saturated carbocycles. The van der Waals surface area contributed by atoms with Crippen molar-refractivity contribution >= 4 is 27.7 Å². The van der Waals surface area contributed by atoms with Crippen molar-refractivity contribution in [3.8, 4) is 0 Å². The highest BCUT2D eigenvalue weighted by Crippen LogP contribution is 2.27. The van der Waals surface area contributed by atoms with E-state index in [1.54, 1.807) is 12.1 Å². The van der Waals surface area contributed by atoms with Crippen LogP contribution in [0.1, 0.15) is 5.69 Å². The summed E-state index contributed by atoms with van der Waals surface area (Å²) in [7, 11) is 0. The van der Waals surface area contributed by atoms with Crippen LogP contribution < -0.4 is 0 Å². The Morgan fingerprint density at radius 2 is 1.81 bits per heavy atom. The normalized spacial score (nSPS) is 10.4. The van der Waals surface area contributed by atoms with Crippen molar-refractivity contribution < 1.29 is 4.39 Å². The van der Waals surface area contributed by atoms with E-state index < -0.39 is 0 Å². The molecule has 0 saturated heterocycles. The van der Waals surface area contributed by atoms with Crippen LogP contribution in [0, 0.1) is 12.7 Å². The van der Waals surface area contributed by atoms with Crippen molar-refractivity contribution in [1.29, 1.82) is 0 Å². The molecule has 0 spiro atoms. The average Bonchev–Trinajstić information content (AvgIpc) is 2.27. The van der Waals surface area contributed by atoms with Crippen molar-refractivity contribution in [1.82, 2.24) is 4.98 Å². The van der Waals surface area contributed by atoms with Crippen molar-refractivity contribution in [2.75, 3.05) is 0 Å². The summed E-state index contributed by atoms with van der Waals surface area (Å²) in [6.07, 6.45) is 0. The first kappa shape index (κ1) is 11.6. The average molecular weight is 298 g/mol. The smallest absolute Gasteiger partial charge is 0.123 e. The van der Waals surface area contributed by atoms with Crippen LogP contribution in [-0.2, 0) is 0 Å². The SMILES string of the molecule is Cc1nc(Sc2ccc(F)cc2)ccc1Br. The van der Waals surface area contributed by atoms with Crippen LogP contribution in [0.3, 0.4) is 0 Å². The van der Waals surface area contributed by atoms with Crippen molar-refractivity contribution in [3.05, 3.63) is 52.4 Å². The maximum absolute atomic E-state index is 12.7. The van der Waals surface area contributed by atoms with Gasteiger partial charge in [0.05, 0.1) is 5.69 Å². The van der Waals surface area contributed by atoms with Gasteiger partial charge in [0.1, 0.15) is 10.8 Å². The Balaban J connectivity index is 2.20. The zero-order valence-corrected chi connectivity index (χ0v) is 11.0. The minimum Gasteiger partial charge on any atom is -0.245 e. The number of halogens is 2. The topological polar surface area (TPSA) is 12.9 Å². The van der Waals surface area contributed by atoms with Crippen molar-refractivity contribution in [2.45, 2.75) is 16.8 Å². The molecule has 0 amide bonds. The summed E-state index contributed by atoms with van der Waals surface area (Å²) in [5, 5.41) is 0.910. The van der Waals surface area contributed by atoms with Crippen LogP contribution in [0.4, 0.5) is 4.39 Å².